The molecule has 0 heterocycles. The number of ether oxygens (including phenoxy) is 4. The SMILES string of the molecule is CCCCCC(C)CCOC(=O)c1c(Cl)c(Cl)cc(Cl)c1OC(=O)C(=O)Oc1c(Cl)cc(Cl)c(Cl)c1C(=O)OCCC(C)CCCCC. The van der Waals surface area contributed by atoms with Crippen LogP contribution in [-0.2, 0) is 19.1 Å². The third-order valence-electron chi connectivity index (χ3n) is 7.51. The third kappa shape index (κ3) is 12.7. The molecule has 8 nitrogen and oxygen atoms in total. The Morgan fingerprint density at radius 3 is 1.25 bits per heavy atom. The molecule has 0 saturated heterocycles. The van der Waals surface area contributed by atoms with Gasteiger partial charge in [0.2, 0.25) is 0 Å². The van der Waals surface area contributed by atoms with Crippen molar-refractivity contribution in [3.63, 3.8) is 0 Å². The van der Waals surface area contributed by atoms with Gasteiger partial charge in [0.15, 0.2) is 11.5 Å². The van der Waals surface area contributed by atoms with Gasteiger partial charge in [-0.2, -0.15) is 0 Å². The van der Waals surface area contributed by atoms with Gasteiger partial charge >= 0.3 is 23.9 Å². The topological polar surface area (TPSA) is 105 Å². The van der Waals surface area contributed by atoms with Gasteiger partial charge in [-0.1, -0.05) is 149 Å². The maximum absolute atomic E-state index is 13.1. The molecule has 14 heteroatoms. The van der Waals surface area contributed by atoms with Crippen molar-refractivity contribution in [3.05, 3.63) is 53.4 Å². The second-order valence-electron chi connectivity index (χ2n) is 11.5. The molecule has 2 aromatic rings. The van der Waals surface area contributed by atoms with Gasteiger partial charge < -0.3 is 18.9 Å². The van der Waals surface area contributed by atoms with Gasteiger partial charge in [0.25, 0.3) is 0 Å². The van der Waals surface area contributed by atoms with E-state index in [2.05, 4.69) is 13.8 Å². The number of carbonyl (C=O) groups excluding carboxylic acids is 4. The lowest BCUT2D eigenvalue weighted by Crippen LogP contribution is -2.27. The molecule has 48 heavy (non-hydrogen) atoms. The zero-order chi connectivity index (χ0) is 36.0. The summed E-state index contributed by atoms with van der Waals surface area (Å²) in [5, 5.41) is -1.49. The smallest absolute Gasteiger partial charge is 0.423 e. The van der Waals surface area contributed by atoms with E-state index >= 15 is 0 Å². The molecule has 0 aliphatic carbocycles. The highest BCUT2D eigenvalue weighted by Gasteiger charge is 2.32. The molecule has 2 unspecified atom stereocenters. The summed E-state index contributed by atoms with van der Waals surface area (Å²) in [5.74, 6) is -5.80. The minimum atomic E-state index is -1.64. The second kappa shape index (κ2) is 21.3. The molecule has 0 aliphatic heterocycles. The van der Waals surface area contributed by atoms with Gasteiger partial charge in [0, 0.05) is 0 Å². The highest BCUT2D eigenvalue weighted by molar-refractivity contribution is 6.47. The summed E-state index contributed by atoms with van der Waals surface area (Å²) in [7, 11) is 0. The van der Waals surface area contributed by atoms with Crippen LogP contribution in [0.25, 0.3) is 0 Å². The summed E-state index contributed by atoms with van der Waals surface area (Å²) in [5.41, 5.74) is -0.926. The average molecular weight is 789 g/mol. The van der Waals surface area contributed by atoms with E-state index < -0.39 is 46.5 Å². The molecule has 0 radical (unpaired) electrons. The van der Waals surface area contributed by atoms with Crippen molar-refractivity contribution in [1.29, 1.82) is 0 Å². The lowest BCUT2D eigenvalue weighted by Gasteiger charge is -2.16. The lowest BCUT2D eigenvalue weighted by molar-refractivity contribution is -0.156. The maximum Gasteiger partial charge on any atom is 0.423 e. The predicted octanol–water partition coefficient (Wildman–Crippen LogP) is 11.6. The first-order valence-electron chi connectivity index (χ1n) is 15.9. The van der Waals surface area contributed by atoms with Crippen LogP contribution in [0.5, 0.6) is 11.5 Å². The monoisotopic (exact) mass is 786 g/mol. The second-order valence-corrected chi connectivity index (χ2v) is 13.9. The van der Waals surface area contributed by atoms with Crippen LogP contribution in [-0.4, -0.2) is 37.1 Å². The van der Waals surface area contributed by atoms with E-state index in [9.17, 15) is 19.2 Å². The standard InChI is InChI=1S/C34H40Cl6O8/c1-5-7-9-11-19(3)13-15-45-31(41)25-27(39)21(35)17-23(37)29(25)47-33(43)34(44)48-30-24(38)18-22(36)28(40)26(30)32(42)46-16-14-20(4)12-10-8-6-2/h17-20H,5-16H2,1-4H3. The normalized spacial score (nSPS) is 12.3. The predicted molar refractivity (Wildman–Crippen MR) is 191 cm³/mol. The van der Waals surface area contributed by atoms with E-state index in [0.717, 1.165) is 63.5 Å². The van der Waals surface area contributed by atoms with Crippen LogP contribution in [0.3, 0.4) is 0 Å². The van der Waals surface area contributed by atoms with Crippen molar-refractivity contribution in [2.45, 2.75) is 91.9 Å². The number of carbonyl (C=O) groups is 4. The molecule has 2 atom stereocenters. The van der Waals surface area contributed by atoms with Gasteiger partial charge in [0.1, 0.15) is 11.1 Å². The lowest BCUT2D eigenvalue weighted by atomic mass is 10.0. The van der Waals surface area contributed by atoms with Crippen molar-refractivity contribution in [2.24, 2.45) is 11.8 Å². The summed E-state index contributed by atoms with van der Waals surface area (Å²) in [6, 6.07) is 2.25. The third-order valence-corrected chi connectivity index (χ3v) is 9.64. The van der Waals surface area contributed by atoms with Gasteiger partial charge in [-0.25, -0.2) is 19.2 Å². The number of esters is 4. The van der Waals surface area contributed by atoms with E-state index in [0.29, 0.717) is 24.7 Å². The van der Waals surface area contributed by atoms with Crippen LogP contribution in [0.15, 0.2) is 12.1 Å². The fourth-order valence-corrected chi connectivity index (χ4v) is 6.05. The van der Waals surface area contributed by atoms with Gasteiger partial charge in [-0.15, -0.1) is 0 Å². The van der Waals surface area contributed by atoms with Crippen LogP contribution in [0.4, 0.5) is 0 Å². The minimum absolute atomic E-state index is 0.0501. The van der Waals surface area contributed by atoms with Crippen molar-refractivity contribution < 1.29 is 38.1 Å². The molecule has 0 amide bonds. The van der Waals surface area contributed by atoms with E-state index in [1.54, 1.807) is 0 Å². The summed E-state index contributed by atoms with van der Waals surface area (Å²) in [6.45, 7) is 8.43. The molecule has 0 saturated carbocycles. The van der Waals surface area contributed by atoms with Gasteiger partial charge in [-0.3, -0.25) is 0 Å². The van der Waals surface area contributed by atoms with Crippen LogP contribution in [0.2, 0.25) is 30.1 Å². The molecular weight excluding hydrogens is 749 g/mol. The summed E-state index contributed by atoms with van der Waals surface area (Å²) < 4.78 is 21.1. The quantitative estimate of drug-likeness (QED) is 0.0483. The Kier molecular flexibility index (Phi) is 18.8. The summed E-state index contributed by atoms with van der Waals surface area (Å²) in [4.78, 5) is 52.1. The van der Waals surface area contributed by atoms with Crippen molar-refractivity contribution in [3.8, 4) is 11.5 Å². The number of hydrogen-bond donors (Lipinski definition) is 0. The Bertz CT molecular complexity index is 1340. The number of halogens is 6. The maximum atomic E-state index is 13.1. The zero-order valence-electron chi connectivity index (χ0n) is 27.3. The number of benzene rings is 2. The molecule has 0 aromatic heterocycles. The van der Waals surface area contributed by atoms with E-state index in [1.807, 2.05) is 13.8 Å². The Balaban J connectivity index is 2.22. The van der Waals surface area contributed by atoms with Crippen LogP contribution >= 0.6 is 69.6 Å². The molecule has 266 valence electrons. The molecule has 2 aromatic carbocycles. The first kappa shape index (κ1) is 42.2. The average Bonchev–Trinajstić information content (AvgIpc) is 3.02. The number of hydrogen-bond acceptors (Lipinski definition) is 8. The fourth-order valence-electron chi connectivity index (χ4n) is 4.61. The summed E-state index contributed by atoms with van der Waals surface area (Å²) in [6.07, 6.45) is 9.64. The van der Waals surface area contributed by atoms with Crippen LogP contribution in [0, 0.1) is 11.8 Å². The van der Waals surface area contributed by atoms with Crippen molar-refractivity contribution in [1.82, 2.24) is 0 Å². The molecule has 0 aliphatic rings. The largest absolute Gasteiger partial charge is 0.462 e. The van der Waals surface area contributed by atoms with E-state index in [1.165, 1.54) is 0 Å². The van der Waals surface area contributed by atoms with E-state index in [-0.39, 0.29) is 43.3 Å². The Hall–Kier alpha value is -1.94. The highest BCUT2D eigenvalue weighted by atomic mass is 35.5. The van der Waals surface area contributed by atoms with E-state index in [4.69, 9.17) is 88.6 Å². The Morgan fingerprint density at radius 1 is 0.562 bits per heavy atom. The molecule has 0 bridgehead atoms. The van der Waals surface area contributed by atoms with Crippen LogP contribution in [0.1, 0.15) is 113 Å². The Labute approximate surface area is 311 Å². The molecule has 0 fully saturated rings. The molecular formula is C34H40Cl6O8. The highest BCUT2D eigenvalue weighted by Crippen LogP contribution is 2.42. The Morgan fingerprint density at radius 2 is 0.917 bits per heavy atom. The fraction of sp³-hybridized carbons (Fsp3) is 0.529. The molecule has 0 N–H and O–H groups in total. The zero-order valence-corrected chi connectivity index (χ0v) is 31.9. The van der Waals surface area contributed by atoms with Crippen molar-refractivity contribution in [2.75, 3.05) is 13.2 Å². The van der Waals surface area contributed by atoms with Crippen LogP contribution < -0.4 is 9.47 Å². The number of unbranched alkanes of at least 4 members (excludes halogenated alkanes) is 4. The first-order chi connectivity index (χ1) is 22.7. The number of rotatable bonds is 18. The molecule has 0 spiro atoms. The van der Waals surface area contributed by atoms with Gasteiger partial charge in [0.05, 0.1) is 43.3 Å². The van der Waals surface area contributed by atoms with Crippen molar-refractivity contribution >= 4 is 93.5 Å². The van der Waals surface area contributed by atoms with Gasteiger partial charge in [-0.05, 0) is 36.8 Å². The summed E-state index contributed by atoms with van der Waals surface area (Å²) >= 11 is 37.4. The molecule has 2 rings (SSSR count). The first-order valence-corrected chi connectivity index (χ1v) is 18.1. The minimum Gasteiger partial charge on any atom is -0.462 e.